The van der Waals surface area contributed by atoms with Crippen molar-refractivity contribution in [3.63, 3.8) is 0 Å². The second-order valence-electron chi connectivity index (χ2n) is 3.82. The van der Waals surface area contributed by atoms with E-state index in [4.69, 9.17) is 10.3 Å². The Labute approximate surface area is 87.1 Å². The molecule has 1 aliphatic rings. The van der Waals surface area contributed by atoms with Crippen molar-refractivity contribution in [1.29, 1.82) is 0 Å². The zero-order chi connectivity index (χ0) is 10.3. The molecule has 2 aromatic rings. The molecule has 0 atom stereocenters. The van der Waals surface area contributed by atoms with Crippen molar-refractivity contribution >= 4 is 5.82 Å². The number of hydrogen-bond donors (Lipinski definition) is 1. The molecule has 2 N–H and O–H groups in total. The molecule has 4 heteroatoms. The SMILES string of the molecule is Nc1noc(C2CC2)c1-c1cccnc1. The van der Waals surface area contributed by atoms with Gasteiger partial charge in [0.2, 0.25) is 0 Å². The van der Waals surface area contributed by atoms with E-state index < -0.39 is 0 Å². The first-order chi connectivity index (χ1) is 7.36. The summed E-state index contributed by atoms with van der Waals surface area (Å²) >= 11 is 0. The fraction of sp³-hybridized carbons (Fsp3) is 0.273. The standard InChI is InChI=1S/C11H11N3O/c12-11-9(8-2-1-5-13-6-8)10(15-14-11)7-3-4-7/h1-2,5-7H,3-4H2,(H2,12,14). The molecule has 0 aliphatic heterocycles. The Kier molecular flexibility index (Phi) is 1.74. The minimum Gasteiger partial charge on any atom is -0.380 e. The molecular weight excluding hydrogens is 190 g/mol. The quantitative estimate of drug-likeness (QED) is 0.808. The minimum atomic E-state index is 0.463. The van der Waals surface area contributed by atoms with E-state index in [-0.39, 0.29) is 0 Å². The molecule has 3 rings (SSSR count). The highest BCUT2D eigenvalue weighted by molar-refractivity contribution is 5.75. The summed E-state index contributed by atoms with van der Waals surface area (Å²) < 4.78 is 5.27. The van der Waals surface area contributed by atoms with Crippen molar-refractivity contribution in [2.24, 2.45) is 0 Å². The van der Waals surface area contributed by atoms with Crippen LogP contribution in [0.2, 0.25) is 0 Å². The average molecular weight is 201 g/mol. The van der Waals surface area contributed by atoms with Gasteiger partial charge >= 0.3 is 0 Å². The van der Waals surface area contributed by atoms with E-state index >= 15 is 0 Å². The van der Waals surface area contributed by atoms with Gasteiger partial charge in [-0.2, -0.15) is 0 Å². The Balaban J connectivity index is 2.13. The van der Waals surface area contributed by atoms with Gasteiger partial charge in [0.15, 0.2) is 5.82 Å². The van der Waals surface area contributed by atoms with Gasteiger partial charge in [-0.05, 0) is 18.9 Å². The molecule has 0 unspecified atom stereocenters. The summed E-state index contributed by atoms with van der Waals surface area (Å²) in [4.78, 5) is 4.08. The molecule has 1 aliphatic carbocycles. The summed E-state index contributed by atoms with van der Waals surface area (Å²) in [6.45, 7) is 0. The molecule has 0 saturated heterocycles. The van der Waals surface area contributed by atoms with Gasteiger partial charge in [0.1, 0.15) is 5.76 Å². The third-order valence-corrected chi connectivity index (χ3v) is 2.64. The topological polar surface area (TPSA) is 64.9 Å². The van der Waals surface area contributed by atoms with E-state index in [1.165, 1.54) is 12.8 Å². The van der Waals surface area contributed by atoms with Crippen LogP contribution in [0, 0.1) is 0 Å². The van der Waals surface area contributed by atoms with E-state index in [0.29, 0.717) is 11.7 Å². The van der Waals surface area contributed by atoms with Gasteiger partial charge < -0.3 is 10.3 Å². The van der Waals surface area contributed by atoms with Crippen LogP contribution in [0.5, 0.6) is 0 Å². The predicted octanol–water partition coefficient (Wildman–Crippen LogP) is 2.20. The Hall–Kier alpha value is -1.84. The zero-order valence-electron chi connectivity index (χ0n) is 8.18. The van der Waals surface area contributed by atoms with Gasteiger partial charge in [-0.25, -0.2) is 0 Å². The molecule has 1 saturated carbocycles. The van der Waals surface area contributed by atoms with Gasteiger partial charge in [0, 0.05) is 23.9 Å². The lowest BCUT2D eigenvalue weighted by atomic mass is 10.1. The van der Waals surface area contributed by atoms with E-state index in [2.05, 4.69) is 10.1 Å². The number of pyridine rings is 1. The van der Waals surface area contributed by atoms with E-state index in [9.17, 15) is 0 Å². The van der Waals surface area contributed by atoms with Crippen LogP contribution >= 0.6 is 0 Å². The van der Waals surface area contributed by atoms with Gasteiger partial charge in [0.05, 0.1) is 5.56 Å². The Morgan fingerprint density at radius 1 is 1.40 bits per heavy atom. The normalized spacial score (nSPS) is 15.5. The number of anilines is 1. The predicted molar refractivity (Wildman–Crippen MR) is 56.1 cm³/mol. The Bertz CT molecular complexity index is 474. The van der Waals surface area contributed by atoms with Gasteiger partial charge in [-0.1, -0.05) is 11.2 Å². The van der Waals surface area contributed by atoms with E-state index in [1.54, 1.807) is 12.4 Å². The van der Waals surface area contributed by atoms with Gasteiger partial charge in [0.25, 0.3) is 0 Å². The molecule has 2 aromatic heterocycles. The fourth-order valence-electron chi connectivity index (χ4n) is 1.74. The number of rotatable bonds is 2. The Morgan fingerprint density at radius 2 is 2.27 bits per heavy atom. The number of nitrogen functional groups attached to an aromatic ring is 1. The number of nitrogens with zero attached hydrogens (tertiary/aromatic N) is 2. The van der Waals surface area contributed by atoms with Crippen molar-refractivity contribution in [3.05, 3.63) is 30.3 Å². The van der Waals surface area contributed by atoms with Crippen LogP contribution in [-0.4, -0.2) is 10.1 Å². The molecule has 0 radical (unpaired) electrons. The molecule has 15 heavy (non-hydrogen) atoms. The first kappa shape index (κ1) is 8.47. The summed E-state index contributed by atoms with van der Waals surface area (Å²) in [5.74, 6) is 1.88. The second-order valence-corrected chi connectivity index (χ2v) is 3.82. The van der Waals surface area contributed by atoms with Crippen LogP contribution in [-0.2, 0) is 0 Å². The second kappa shape index (κ2) is 3.08. The lowest BCUT2D eigenvalue weighted by Crippen LogP contribution is -1.90. The van der Waals surface area contributed by atoms with Gasteiger partial charge in [-0.3, -0.25) is 4.98 Å². The molecule has 76 valence electrons. The lowest BCUT2D eigenvalue weighted by molar-refractivity contribution is 0.387. The van der Waals surface area contributed by atoms with Crippen LogP contribution in [0.3, 0.4) is 0 Å². The van der Waals surface area contributed by atoms with Crippen LogP contribution in [0.25, 0.3) is 11.1 Å². The third kappa shape index (κ3) is 1.38. The van der Waals surface area contributed by atoms with E-state index in [1.807, 2.05) is 12.1 Å². The number of nitrogens with two attached hydrogens (primary N) is 1. The van der Waals surface area contributed by atoms with Gasteiger partial charge in [-0.15, -0.1) is 0 Å². The first-order valence-corrected chi connectivity index (χ1v) is 5.01. The molecule has 0 bridgehead atoms. The maximum Gasteiger partial charge on any atom is 0.175 e. The summed E-state index contributed by atoms with van der Waals surface area (Å²) in [7, 11) is 0. The highest BCUT2D eigenvalue weighted by atomic mass is 16.5. The summed E-state index contributed by atoms with van der Waals surface area (Å²) in [6, 6.07) is 3.86. The number of hydrogen-bond acceptors (Lipinski definition) is 4. The van der Waals surface area contributed by atoms with E-state index in [0.717, 1.165) is 16.9 Å². The van der Waals surface area contributed by atoms with Crippen LogP contribution in [0.4, 0.5) is 5.82 Å². The van der Waals surface area contributed by atoms with Crippen molar-refractivity contribution < 1.29 is 4.52 Å². The third-order valence-electron chi connectivity index (χ3n) is 2.64. The van der Waals surface area contributed by atoms with Crippen LogP contribution < -0.4 is 5.73 Å². The molecule has 0 amide bonds. The maximum atomic E-state index is 5.81. The van der Waals surface area contributed by atoms with Crippen molar-refractivity contribution in [3.8, 4) is 11.1 Å². The Morgan fingerprint density at radius 3 is 2.93 bits per heavy atom. The van der Waals surface area contributed by atoms with Crippen LogP contribution in [0.1, 0.15) is 24.5 Å². The largest absolute Gasteiger partial charge is 0.380 e. The monoisotopic (exact) mass is 201 g/mol. The smallest absolute Gasteiger partial charge is 0.175 e. The molecule has 4 nitrogen and oxygen atoms in total. The first-order valence-electron chi connectivity index (χ1n) is 5.01. The summed E-state index contributed by atoms with van der Waals surface area (Å²) in [5.41, 5.74) is 7.71. The molecule has 0 aromatic carbocycles. The van der Waals surface area contributed by atoms with Crippen LogP contribution in [0.15, 0.2) is 29.0 Å². The lowest BCUT2D eigenvalue weighted by Gasteiger charge is -1.99. The molecule has 0 spiro atoms. The fourth-order valence-corrected chi connectivity index (χ4v) is 1.74. The summed E-state index contributed by atoms with van der Waals surface area (Å²) in [6.07, 6.45) is 5.86. The highest BCUT2D eigenvalue weighted by Crippen LogP contribution is 2.46. The number of aromatic nitrogens is 2. The maximum absolute atomic E-state index is 5.81. The van der Waals surface area contributed by atoms with Crippen molar-refractivity contribution in [2.45, 2.75) is 18.8 Å². The molecule has 1 fully saturated rings. The van der Waals surface area contributed by atoms with Crippen molar-refractivity contribution in [1.82, 2.24) is 10.1 Å². The summed E-state index contributed by atoms with van der Waals surface area (Å²) in [5, 5.41) is 3.83. The zero-order valence-corrected chi connectivity index (χ0v) is 8.18. The highest BCUT2D eigenvalue weighted by Gasteiger charge is 2.32. The molecular formula is C11H11N3O. The average Bonchev–Trinajstić information content (AvgIpc) is 3.04. The van der Waals surface area contributed by atoms with Crippen molar-refractivity contribution in [2.75, 3.05) is 5.73 Å². The minimum absolute atomic E-state index is 0.463. The molecule has 2 heterocycles.